The Labute approximate surface area is 89.1 Å². The average Bonchev–Trinajstić information content (AvgIpc) is 2.17. The van der Waals surface area contributed by atoms with Gasteiger partial charge in [-0.15, -0.1) is 0 Å². The number of carboxylic acid groups (broad SMARTS) is 1. The van der Waals surface area contributed by atoms with Gasteiger partial charge in [-0.05, 0) is 11.6 Å². The number of aliphatic hydroxyl groups is 1. The summed E-state index contributed by atoms with van der Waals surface area (Å²) < 4.78 is 37.0. The van der Waals surface area contributed by atoms with Crippen LogP contribution in [-0.2, 0) is 11.0 Å². The number of alkyl halides is 3. The maximum Gasteiger partial charge on any atom is 0.416 e. The summed E-state index contributed by atoms with van der Waals surface area (Å²) in [6.45, 7) is -0.739. The van der Waals surface area contributed by atoms with Crippen LogP contribution in [0.2, 0.25) is 0 Å². The molecule has 6 heteroatoms. The van der Waals surface area contributed by atoms with Crippen LogP contribution >= 0.6 is 0 Å². The minimum atomic E-state index is -4.52. The maximum atomic E-state index is 12.3. The molecule has 16 heavy (non-hydrogen) atoms. The van der Waals surface area contributed by atoms with E-state index < -0.39 is 30.2 Å². The fourth-order valence-electron chi connectivity index (χ4n) is 1.26. The van der Waals surface area contributed by atoms with Crippen molar-refractivity contribution in [2.24, 2.45) is 0 Å². The van der Waals surface area contributed by atoms with Gasteiger partial charge in [0.15, 0.2) is 0 Å². The average molecular weight is 234 g/mol. The molecule has 0 aliphatic rings. The minimum Gasteiger partial charge on any atom is -0.481 e. The normalized spacial score (nSPS) is 13.5. The number of rotatable bonds is 3. The Morgan fingerprint density at radius 1 is 1.38 bits per heavy atom. The molecule has 1 unspecified atom stereocenters. The molecule has 0 bridgehead atoms. The highest BCUT2D eigenvalue weighted by Crippen LogP contribution is 2.31. The fraction of sp³-hybridized carbons (Fsp3) is 0.300. The Hall–Kier alpha value is -1.56. The Kier molecular flexibility index (Phi) is 3.54. The van der Waals surface area contributed by atoms with Crippen LogP contribution in [0, 0.1) is 0 Å². The van der Waals surface area contributed by atoms with Crippen molar-refractivity contribution in [2.75, 3.05) is 6.61 Å². The van der Waals surface area contributed by atoms with Crippen molar-refractivity contribution in [3.8, 4) is 0 Å². The third kappa shape index (κ3) is 2.73. The molecule has 0 heterocycles. The Bertz CT molecular complexity index is 387. The summed E-state index contributed by atoms with van der Waals surface area (Å²) in [5.41, 5.74) is -0.991. The van der Waals surface area contributed by atoms with Crippen LogP contribution in [0.25, 0.3) is 0 Å². The van der Waals surface area contributed by atoms with Crippen molar-refractivity contribution in [3.05, 3.63) is 35.4 Å². The number of aliphatic carboxylic acids is 1. The van der Waals surface area contributed by atoms with E-state index in [0.29, 0.717) is 0 Å². The van der Waals surface area contributed by atoms with Crippen LogP contribution in [0.3, 0.4) is 0 Å². The van der Waals surface area contributed by atoms with Gasteiger partial charge in [0.2, 0.25) is 0 Å². The molecular formula is C10H9F3O3. The predicted octanol–water partition coefficient (Wildman–Crippen LogP) is 1.87. The van der Waals surface area contributed by atoms with Crippen molar-refractivity contribution >= 4 is 5.97 Å². The molecule has 1 atom stereocenters. The molecule has 0 aliphatic carbocycles. The van der Waals surface area contributed by atoms with Crippen LogP contribution in [0.5, 0.6) is 0 Å². The summed E-state index contributed by atoms with van der Waals surface area (Å²) in [6, 6.07) is 3.93. The lowest BCUT2D eigenvalue weighted by Gasteiger charge is -2.12. The van der Waals surface area contributed by atoms with Gasteiger partial charge >= 0.3 is 12.1 Å². The largest absolute Gasteiger partial charge is 0.481 e. The van der Waals surface area contributed by atoms with Gasteiger partial charge in [0.25, 0.3) is 0 Å². The number of hydrogen-bond donors (Lipinski definition) is 2. The van der Waals surface area contributed by atoms with Gasteiger partial charge in [0, 0.05) is 0 Å². The van der Waals surface area contributed by atoms with Gasteiger partial charge in [-0.25, -0.2) is 0 Å². The number of hydrogen-bond acceptors (Lipinski definition) is 2. The third-order valence-corrected chi connectivity index (χ3v) is 2.10. The maximum absolute atomic E-state index is 12.3. The van der Waals surface area contributed by atoms with E-state index in [4.69, 9.17) is 10.2 Å². The summed E-state index contributed by atoms with van der Waals surface area (Å²) >= 11 is 0. The Morgan fingerprint density at radius 2 is 2.00 bits per heavy atom. The van der Waals surface area contributed by atoms with Crippen molar-refractivity contribution in [3.63, 3.8) is 0 Å². The summed E-state index contributed by atoms with van der Waals surface area (Å²) in [6.07, 6.45) is -4.52. The number of benzene rings is 1. The molecule has 0 amide bonds. The summed E-state index contributed by atoms with van der Waals surface area (Å²) in [5, 5.41) is 17.5. The molecule has 3 nitrogen and oxygen atoms in total. The smallest absolute Gasteiger partial charge is 0.416 e. The molecule has 0 saturated heterocycles. The van der Waals surface area contributed by atoms with Crippen LogP contribution in [0.4, 0.5) is 13.2 Å². The predicted molar refractivity (Wildman–Crippen MR) is 48.9 cm³/mol. The van der Waals surface area contributed by atoms with E-state index in [1.807, 2.05) is 0 Å². The first-order valence-corrected chi connectivity index (χ1v) is 4.37. The highest BCUT2D eigenvalue weighted by Gasteiger charge is 2.31. The van der Waals surface area contributed by atoms with Crippen LogP contribution in [0.15, 0.2) is 24.3 Å². The molecule has 1 aromatic rings. The van der Waals surface area contributed by atoms with E-state index in [1.54, 1.807) is 0 Å². The highest BCUT2D eigenvalue weighted by atomic mass is 19.4. The molecule has 0 radical (unpaired) electrons. The first-order valence-electron chi connectivity index (χ1n) is 4.37. The Morgan fingerprint density at radius 3 is 2.44 bits per heavy atom. The highest BCUT2D eigenvalue weighted by molar-refractivity contribution is 5.76. The molecule has 1 aromatic carbocycles. The lowest BCUT2D eigenvalue weighted by Crippen LogP contribution is -2.16. The van der Waals surface area contributed by atoms with E-state index >= 15 is 0 Å². The molecule has 88 valence electrons. The van der Waals surface area contributed by atoms with Crippen LogP contribution < -0.4 is 0 Å². The second kappa shape index (κ2) is 4.52. The molecule has 0 spiro atoms. The van der Waals surface area contributed by atoms with E-state index in [0.717, 1.165) is 18.2 Å². The summed E-state index contributed by atoms with van der Waals surface area (Å²) in [4.78, 5) is 10.7. The van der Waals surface area contributed by atoms with Gasteiger partial charge in [0.1, 0.15) is 5.92 Å². The molecule has 2 N–H and O–H groups in total. The molecule has 0 aliphatic heterocycles. The van der Waals surface area contributed by atoms with Gasteiger partial charge < -0.3 is 10.2 Å². The lowest BCUT2D eigenvalue weighted by atomic mass is 9.98. The standard InChI is InChI=1S/C10H9F3O3/c11-10(12,13)7-3-1-2-6(4-7)8(5-14)9(15)16/h1-4,8,14H,5H2,(H,15,16). The number of carbonyl (C=O) groups is 1. The van der Waals surface area contributed by atoms with Crippen molar-refractivity contribution in [1.29, 1.82) is 0 Å². The monoisotopic (exact) mass is 234 g/mol. The SMILES string of the molecule is O=C(O)C(CO)c1cccc(C(F)(F)F)c1. The number of aliphatic hydroxyl groups excluding tert-OH is 1. The summed E-state index contributed by atoms with van der Waals surface area (Å²) in [7, 11) is 0. The second-order valence-electron chi connectivity index (χ2n) is 3.20. The van der Waals surface area contributed by atoms with E-state index in [-0.39, 0.29) is 5.56 Å². The quantitative estimate of drug-likeness (QED) is 0.839. The molecular weight excluding hydrogens is 225 g/mol. The van der Waals surface area contributed by atoms with Gasteiger partial charge in [-0.1, -0.05) is 18.2 Å². The van der Waals surface area contributed by atoms with Crippen molar-refractivity contribution in [1.82, 2.24) is 0 Å². The number of carboxylic acids is 1. The Balaban J connectivity index is 3.11. The second-order valence-corrected chi connectivity index (χ2v) is 3.20. The van der Waals surface area contributed by atoms with E-state index in [9.17, 15) is 18.0 Å². The molecule has 0 fully saturated rings. The van der Waals surface area contributed by atoms with Crippen molar-refractivity contribution < 1.29 is 28.2 Å². The zero-order chi connectivity index (χ0) is 12.3. The fourth-order valence-corrected chi connectivity index (χ4v) is 1.26. The molecule has 1 rings (SSSR count). The van der Waals surface area contributed by atoms with E-state index in [2.05, 4.69) is 0 Å². The molecule has 0 saturated carbocycles. The van der Waals surface area contributed by atoms with E-state index in [1.165, 1.54) is 6.07 Å². The topological polar surface area (TPSA) is 57.5 Å². The first-order chi connectivity index (χ1) is 7.36. The van der Waals surface area contributed by atoms with Gasteiger partial charge in [-0.2, -0.15) is 13.2 Å². The number of halogens is 3. The lowest BCUT2D eigenvalue weighted by molar-refractivity contribution is -0.141. The van der Waals surface area contributed by atoms with Crippen LogP contribution in [-0.4, -0.2) is 22.8 Å². The summed E-state index contributed by atoms with van der Waals surface area (Å²) in [5.74, 6) is -2.69. The first kappa shape index (κ1) is 12.5. The van der Waals surface area contributed by atoms with Gasteiger partial charge in [0.05, 0.1) is 12.2 Å². The third-order valence-electron chi connectivity index (χ3n) is 2.10. The van der Waals surface area contributed by atoms with Crippen LogP contribution in [0.1, 0.15) is 17.0 Å². The van der Waals surface area contributed by atoms with Crippen molar-refractivity contribution in [2.45, 2.75) is 12.1 Å². The minimum absolute atomic E-state index is 0.0650. The zero-order valence-electron chi connectivity index (χ0n) is 8.03. The van der Waals surface area contributed by atoms with Gasteiger partial charge in [-0.3, -0.25) is 4.79 Å². The molecule has 0 aromatic heterocycles. The zero-order valence-corrected chi connectivity index (χ0v) is 8.03.